The van der Waals surface area contributed by atoms with E-state index in [0.29, 0.717) is 23.8 Å². The molecule has 3 aromatic rings. The lowest BCUT2D eigenvalue weighted by molar-refractivity contribution is 0.102. The van der Waals surface area contributed by atoms with Gasteiger partial charge in [-0.2, -0.15) is 4.31 Å². The van der Waals surface area contributed by atoms with Crippen molar-refractivity contribution in [2.45, 2.75) is 46.4 Å². The molecule has 0 aliphatic rings. The summed E-state index contributed by atoms with van der Waals surface area (Å²) in [6.45, 7) is 13.0. The average molecular weight is 474 g/mol. The number of nitrogens with zero attached hydrogens (tertiary/aromatic N) is 2. The SMILES string of the molecule is Cc1cc(C)c2sc(NC(=O)c3ccc(S(=O)(=O)N(CC(C)C)CC(C)C)cc3)nc2c1. The molecular weight excluding hydrogens is 442 g/mol. The summed E-state index contributed by atoms with van der Waals surface area (Å²) in [5, 5.41) is 3.36. The Hall–Kier alpha value is -2.29. The first-order valence-corrected chi connectivity index (χ1v) is 13.0. The predicted molar refractivity (Wildman–Crippen MR) is 132 cm³/mol. The molecule has 8 heteroatoms. The lowest BCUT2D eigenvalue weighted by Crippen LogP contribution is -2.37. The average Bonchev–Trinajstić information content (AvgIpc) is 3.09. The molecule has 172 valence electrons. The maximum Gasteiger partial charge on any atom is 0.257 e. The van der Waals surface area contributed by atoms with Crippen molar-refractivity contribution in [3.8, 4) is 0 Å². The summed E-state index contributed by atoms with van der Waals surface area (Å²) >= 11 is 1.43. The fourth-order valence-electron chi connectivity index (χ4n) is 3.61. The molecule has 6 nitrogen and oxygen atoms in total. The molecule has 0 spiro atoms. The molecule has 0 radical (unpaired) electrons. The normalized spacial score (nSPS) is 12.3. The number of sulfonamides is 1. The van der Waals surface area contributed by atoms with E-state index in [4.69, 9.17) is 0 Å². The van der Waals surface area contributed by atoms with E-state index in [1.165, 1.54) is 27.8 Å². The van der Waals surface area contributed by atoms with E-state index in [9.17, 15) is 13.2 Å². The van der Waals surface area contributed by atoms with Crippen LogP contribution in [0.2, 0.25) is 0 Å². The maximum absolute atomic E-state index is 13.2. The fraction of sp³-hybridized carbons (Fsp3) is 0.417. The van der Waals surface area contributed by atoms with Crippen molar-refractivity contribution in [3.05, 3.63) is 53.1 Å². The number of hydrogen-bond acceptors (Lipinski definition) is 5. The molecule has 0 fully saturated rings. The molecule has 0 saturated heterocycles. The second kappa shape index (κ2) is 9.68. The van der Waals surface area contributed by atoms with E-state index in [0.717, 1.165) is 21.3 Å². The monoisotopic (exact) mass is 473 g/mol. The van der Waals surface area contributed by atoms with Gasteiger partial charge in [0.05, 0.1) is 15.1 Å². The standard InChI is InChI=1S/C24H31N3O3S2/c1-15(2)13-27(14-16(3)4)32(29,30)20-9-7-19(8-10-20)23(28)26-24-25-21-12-17(5)11-18(6)22(21)31-24/h7-12,15-16H,13-14H2,1-6H3,(H,25,26,28). The first kappa shape index (κ1) is 24.4. The van der Waals surface area contributed by atoms with Gasteiger partial charge in [0, 0.05) is 18.7 Å². The van der Waals surface area contributed by atoms with Gasteiger partial charge in [-0.15, -0.1) is 0 Å². The molecule has 1 N–H and O–H groups in total. The Balaban J connectivity index is 1.79. The van der Waals surface area contributed by atoms with Crippen LogP contribution in [0.25, 0.3) is 10.2 Å². The van der Waals surface area contributed by atoms with Crippen LogP contribution in [0.15, 0.2) is 41.3 Å². The maximum atomic E-state index is 13.2. The molecule has 1 heterocycles. The minimum absolute atomic E-state index is 0.196. The highest BCUT2D eigenvalue weighted by atomic mass is 32.2. The molecule has 0 saturated carbocycles. The van der Waals surface area contributed by atoms with Gasteiger partial charge in [-0.1, -0.05) is 45.1 Å². The number of benzene rings is 2. The highest BCUT2D eigenvalue weighted by molar-refractivity contribution is 7.89. The van der Waals surface area contributed by atoms with Crippen LogP contribution in [0.4, 0.5) is 5.13 Å². The molecule has 3 rings (SSSR count). The van der Waals surface area contributed by atoms with Gasteiger partial charge in [-0.05, 0) is 67.1 Å². The summed E-state index contributed by atoms with van der Waals surface area (Å²) in [4.78, 5) is 17.4. The van der Waals surface area contributed by atoms with Crippen molar-refractivity contribution in [2.24, 2.45) is 11.8 Å². The number of fused-ring (bicyclic) bond motifs is 1. The zero-order valence-corrected chi connectivity index (χ0v) is 21.1. The first-order valence-electron chi connectivity index (χ1n) is 10.8. The van der Waals surface area contributed by atoms with Crippen LogP contribution in [0.3, 0.4) is 0 Å². The molecule has 32 heavy (non-hydrogen) atoms. The Morgan fingerprint density at radius 2 is 1.62 bits per heavy atom. The van der Waals surface area contributed by atoms with Crippen LogP contribution in [0.5, 0.6) is 0 Å². The Kier molecular flexibility index (Phi) is 7.37. The number of amides is 1. The van der Waals surface area contributed by atoms with Gasteiger partial charge in [0.1, 0.15) is 0 Å². The van der Waals surface area contributed by atoms with E-state index >= 15 is 0 Å². The third-order valence-electron chi connectivity index (χ3n) is 4.93. The molecule has 1 aromatic heterocycles. The van der Waals surface area contributed by atoms with Gasteiger partial charge in [0.2, 0.25) is 10.0 Å². The van der Waals surface area contributed by atoms with Crippen molar-refractivity contribution in [1.82, 2.24) is 9.29 Å². The summed E-state index contributed by atoms with van der Waals surface area (Å²) in [6, 6.07) is 10.2. The van der Waals surface area contributed by atoms with Gasteiger partial charge in [0.15, 0.2) is 5.13 Å². The number of carbonyl (C=O) groups is 1. The summed E-state index contributed by atoms with van der Waals surface area (Å²) in [5.41, 5.74) is 3.49. The van der Waals surface area contributed by atoms with Crippen molar-refractivity contribution in [3.63, 3.8) is 0 Å². The van der Waals surface area contributed by atoms with E-state index in [-0.39, 0.29) is 22.6 Å². The highest BCUT2D eigenvalue weighted by Crippen LogP contribution is 2.30. The minimum Gasteiger partial charge on any atom is -0.298 e. The van der Waals surface area contributed by atoms with Gasteiger partial charge < -0.3 is 0 Å². The Morgan fingerprint density at radius 1 is 1.03 bits per heavy atom. The topological polar surface area (TPSA) is 79.4 Å². The second-order valence-corrected chi connectivity index (χ2v) is 12.0. The Morgan fingerprint density at radius 3 is 2.19 bits per heavy atom. The first-order chi connectivity index (χ1) is 15.0. The van der Waals surface area contributed by atoms with Crippen LogP contribution >= 0.6 is 11.3 Å². The van der Waals surface area contributed by atoms with E-state index in [1.807, 2.05) is 47.6 Å². The van der Waals surface area contributed by atoms with Crippen LogP contribution in [0.1, 0.15) is 49.2 Å². The number of anilines is 1. The lowest BCUT2D eigenvalue weighted by Gasteiger charge is -2.25. The molecule has 0 aliphatic carbocycles. The van der Waals surface area contributed by atoms with Gasteiger partial charge in [-0.3, -0.25) is 10.1 Å². The number of rotatable bonds is 8. The number of thiazole rings is 1. The number of hydrogen-bond donors (Lipinski definition) is 1. The van der Waals surface area contributed by atoms with Crippen LogP contribution < -0.4 is 5.32 Å². The van der Waals surface area contributed by atoms with Crippen LogP contribution in [-0.4, -0.2) is 36.7 Å². The molecular formula is C24H31N3O3S2. The van der Waals surface area contributed by atoms with Crippen LogP contribution in [0, 0.1) is 25.7 Å². The van der Waals surface area contributed by atoms with Crippen molar-refractivity contribution < 1.29 is 13.2 Å². The van der Waals surface area contributed by atoms with E-state index < -0.39 is 10.0 Å². The number of carbonyl (C=O) groups excluding carboxylic acids is 1. The third-order valence-corrected chi connectivity index (χ3v) is 7.90. The Labute approximate surface area is 194 Å². The highest BCUT2D eigenvalue weighted by Gasteiger charge is 2.26. The molecule has 1 amide bonds. The molecule has 0 unspecified atom stereocenters. The van der Waals surface area contributed by atoms with Crippen molar-refractivity contribution in [2.75, 3.05) is 18.4 Å². The zero-order valence-electron chi connectivity index (χ0n) is 19.5. The smallest absolute Gasteiger partial charge is 0.257 e. The van der Waals surface area contributed by atoms with Gasteiger partial charge >= 0.3 is 0 Å². The second-order valence-electron chi connectivity index (χ2n) is 9.04. The third kappa shape index (κ3) is 5.54. The van der Waals surface area contributed by atoms with Gasteiger partial charge in [-0.25, -0.2) is 13.4 Å². The van der Waals surface area contributed by atoms with Crippen molar-refractivity contribution in [1.29, 1.82) is 0 Å². The molecule has 0 atom stereocenters. The molecule has 0 aliphatic heterocycles. The summed E-state index contributed by atoms with van der Waals surface area (Å²) < 4.78 is 28.9. The summed E-state index contributed by atoms with van der Waals surface area (Å²) in [5.74, 6) is 0.119. The quantitative estimate of drug-likeness (QED) is 0.471. The lowest BCUT2D eigenvalue weighted by atomic mass is 10.1. The van der Waals surface area contributed by atoms with E-state index in [1.54, 1.807) is 12.1 Å². The molecule has 2 aromatic carbocycles. The fourth-order valence-corrected chi connectivity index (χ4v) is 6.29. The number of nitrogens with one attached hydrogen (secondary N) is 1. The molecule has 0 bridgehead atoms. The summed E-state index contributed by atoms with van der Waals surface area (Å²) in [7, 11) is -3.63. The predicted octanol–water partition coefficient (Wildman–Crippen LogP) is 5.47. The zero-order chi connectivity index (χ0) is 23.6. The van der Waals surface area contributed by atoms with Gasteiger partial charge in [0.25, 0.3) is 5.91 Å². The number of aryl methyl sites for hydroxylation is 2. The van der Waals surface area contributed by atoms with Crippen LogP contribution in [-0.2, 0) is 10.0 Å². The summed E-state index contributed by atoms with van der Waals surface area (Å²) in [6.07, 6.45) is 0. The van der Waals surface area contributed by atoms with E-state index in [2.05, 4.69) is 16.4 Å². The Bertz CT molecular complexity index is 1200. The van der Waals surface area contributed by atoms with Crippen molar-refractivity contribution >= 4 is 42.6 Å². The number of aromatic nitrogens is 1. The minimum atomic E-state index is -3.63. The largest absolute Gasteiger partial charge is 0.298 e.